The first kappa shape index (κ1) is 20.5. The van der Waals surface area contributed by atoms with Crippen LogP contribution in [0.15, 0.2) is 12.3 Å². The van der Waals surface area contributed by atoms with Gasteiger partial charge in [-0.2, -0.15) is 0 Å². The predicted molar refractivity (Wildman–Crippen MR) is 96.5 cm³/mol. The van der Waals surface area contributed by atoms with Gasteiger partial charge in [0.05, 0.1) is 0 Å². The summed E-state index contributed by atoms with van der Waals surface area (Å²) in [6, 6.07) is 0. The molecule has 1 atom stereocenters. The van der Waals surface area contributed by atoms with Crippen molar-refractivity contribution < 1.29 is 0 Å². The number of rotatable bonds is 11. The molecule has 2 heteroatoms. The second-order valence-corrected chi connectivity index (χ2v) is 8.12. The van der Waals surface area contributed by atoms with Crippen molar-refractivity contribution in [3.05, 3.63) is 12.3 Å². The zero-order valence-electron chi connectivity index (χ0n) is 15.9. The Hall–Kier alpha value is -0.500. The van der Waals surface area contributed by atoms with Crippen LogP contribution < -0.4 is 5.32 Å². The van der Waals surface area contributed by atoms with E-state index in [9.17, 15) is 0 Å². The fourth-order valence-electron chi connectivity index (χ4n) is 2.52. The van der Waals surface area contributed by atoms with Crippen LogP contribution >= 0.6 is 0 Å². The first-order valence-corrected chi connectivity index (χ1v) is 8.67. The van der Waals surface area contributed by atoms with Crippen LogP contribution in [-0.4, -0.2) is 31.6 Å². The van der Waals surface area contributed by atoms with Gasteiger partial charge in [0, 0.05) is 32.4 Å². The van der Waals surface area contributed by atoms with E-state index in [2.05, 4.69) is 72.3 Å². The van der Waals surface area contributed by atoms with Gasteiger partial charge in [-0.15, -0.1) is 0 Å². The van der Waals surface area contributed by atoms with Gasteiger partial charge in [-0.1, -0.05) is 55.0 Å². The minimum Gasteiger partial charge on any atom is -0.377 e. The Kier molecular flexibility index (Phi) is 9.28. The molecule has 0 aliphatic carbocycles. The standard InChI is InChI=1S/C19H40N2/c1-15(2)10-11-17(5)21(9)13-12-20-14-19(7,8)18(6)16(3)4/h15-16,18,20H,5,10-14H2,1-4,6-9H3. The van der Waals surface area contributed by atoms with Crippen molar-refractivity contribution in [1.29, 1.82) is 0 Å². The number of likely N-dealkylation sites (N-methyl/N-ethyl adjacent to an activating group) is 1. The molecular weight excluding hydrogens is 256 g/mol. The molecular formula is C19H40N2. The zero-order valence-corrected chi connectivity index (χ0v) is 15.9. The molecule has 0 saturated carbocycles. The molecule has 0 aliphatic heterocycles. The van der Waals surface area contributed by atoms with Crippen LogP contribution in [0.3, 0.4) is 0 Å². The van der Waals surface area contributed by atoms with Crippen LogP contribution in [0.2, 0.25) is 0 Å². The Morgan fingerprint density at radius 2 is 1.71 bits per heavy atom. The Morgan fingerprint density at radius 3 is 2.19 bits per heavy atom. The lowest BCUT2D eigenvalue weighted by Gasteiger charge is -2.35. The van der Waals surface area contributed by atoms with Crippen LogP contribution in [0.1, 0.15) is 61.3 Å². The van der Waals surface area contributed by atoms with Crippen molar-refractivity contribution in [2.75, 3.05) is 26.7 Å². The number of nitrogens with zero attached hydrogens (tertiary/aromatic N) is 1. The third kappa shape index (κ3) is 8.50. The third-order valence-corrected chi connectivity index (χ3v) is 4.99. The summed E-state index contributed by atoms with van der Waals surface area (Å²) < 4.78 is 0. The molecule has 0 aromatic heterocycles. The Labute approximate surface area is 134 Å². The molecule has 0 aliphatic rings. The highest BCUT2D eigenvalue weighted by atomic mass is 15.1. The molecule has 0 aromatic rings. The summed E-state index contributed by atoms with van der Waals surface area (Å²) in [5.41, 5.74) is 1.61. The number of hydrogen-bond donors (Lipinski definition) is 1. The van der Waals surface area contributed by atoms with Crippen molar-refractivity contribution in [1.82, 2.24) is 10.2 Å². The van der Waals surface area contributed by atoms with E-state index >= 15 is 0 Å². The number of allylic oxidation sites excluding steroid dienone is 1. The third-order valence-electron chi connectivity index (χ3n) is 4.99. The van der Waals surface area contributed by atoms with Gasteiger partial charge in [0.15, 0.2) is 0 Å². The van der Waals surface area contributed by atoms with Crippen LogP contribution in [0, 0.1) is 23.2 Å². The lowest BCUT2D eigenvalue weighted by atomic mass is 9.74. The van der Waals surface area contributed by atoms with E-state index in [0.717, 1.165) is 43.8 Å². The zero-order chi connectivity index (χ0) is 16.6. The monoisotopic (exact) mass is 296 g/mol. The van der Waals surface area contributed by atoms with E-state index in [-0.39, 0.29) is 0 Å². The van der Waals surface area contributed by atoms with Crippen LogP contribution in [0.25, 0.3) is 0 Å². The van der Waals surface area contributed by atoms with Gasteiger partial charge in [-0.25, -0.2) is 0 Å². The van der Waals surface area contributed by atoms with E-state index in [1.54, 1.807) is 0 Å². The average molecular weight is 297 g/mol. The van der Waals surface area contributed by atoms with Crippen LogP contribution in [0.4, 0.5) is 0 Å². The van der Waals surface area contributed by atoms with Crippen LogP contribution in [0.5, 0.6) is 0 Å². The fourth-order valence-corrected chi connectivity index (χ4v) is 2.52. The number of hydrogen-bond acceptors (Lipinski definition) is 2. The highest BCUT2D eigenvalue weighted by Crippen LogP contribution is 2.31. The lowest BCUT2D eigenvalue weighted by molar-refractivity contribution is 0.169. The normalized spacial score (nSPS) is 13.8. The summed E-state index contributed by atoms with van der Waals surface area (Å²) in [5, 5.41) is 3.63. The predicted octanol–water partition coefficient (Wildman–Crippen LogP) is 4.78. The molecule has 0 saturated heterocycles. The first-order chi connectivity index (χ1) is 9.58. The summed E-state index contributed by atoms with van der Waals surface area (Å²) in [5.74, 6) is 2.22. The molecule has 0 fully saturated rings. The van der Waals surface area contributed by atoms with E-state index in [4.69, 9.17) is 0 Å². The molecule has 1 N–H and O–H groups in total. The SMILES string of the molecule is C=C(CCC(C)C)N(C)CCNCC(C)(C)C(C)C(C)C. The minimum atomic E-state index is 0.349. The molecule has 0 spiro atoms. The Morgan fingerprint density at radius 1 is 1.14 bits per heavy atom. The summed E-state index contributed by atoms with van der Waals surface area (Å²) >= 11 is 0. The number of nitrogens with one attached hydrogen (secondary N) is 1. The Balaban J connectivity index is 3.96. The summed E-state index contributed by atoms with van der Waals surface area (Å²) in [6.45, 7) is 23.7. The molecule has 0 bridgehead atoms. The summed E-state index contributed by atoms with van der Waals surface area (Å²) in [4.78, 5) is 2.30. The fraction of sp³-hybridized carbons (Fsp3) is 0.895. The van der Waals surface area contributed by atoms with Crippen molar-refractivity contribution in [3.63, 3.8) is 0 Å². The van der Waals surface area contributed by atoms with Gasteiger partial charge < -0.3 is 10.2 Å². The van der Waals surface area contributed by atoms with Crippen LogP contribution in [-0.2, 0) is 0 Å². The maximum absolute atomic E-state index is 4.20. The van der Waals surface area contributed by atoms with E-state index in [1.807, 2.05) is 0 Å². The topological polar surface area (TPSA) is 15.3 Å². The first-order valence-electron chi connectivity index (χ1n) is 8.67. The molecule has 0 rings (SSSR count). The van der Waals surface area contributed by atoms with E-state index in [1.165, 1.54) is 12.1 Å². The molecule has 0 amide bonds. The summed E-state index contributed by atoms with van der Waals surface area (Å²) in [7, 11) is 2.16. The molecule has 0 radical (unpaired) electrons. The van der Waals surface area contributed by atoms with E-state index < -0.39 is 0 Å². The molecule has 0 heterocycles. The molecule has 2 nitrogen and oxygen atoms in total. The molecule has 21 heavy (non-hydrogen) atoms. The lowest BCUT2D eigenvalue weighted by Crippen LogP contribution is -2.39. The average Bonchev–Trinajstić information content (AvgIpc) is 2.39. The van der Waals surface area contributed by atoms with Crippen molar-refractivity contribution in [2.45, 2.75) is 61.3 Å². The maximum atomic E-state index is 4.20. The van der Waals surface area contributed by atoms with Crippen molar-refractivity contribution >= 4 is 0 Å². The molecule has 0 aromatic carbocycles. The highest BCUT2D eigenvalue weighted by Gasteiger charge is 2.27. The van der Waals surface area contributed by atoms with Gasteiger partial charge in [-0.3, -0.25) is 0 Å². The van der Waals surface area contributed by atoms with Gasteiger partial charge in [0.2, 0.25) is 0 Å². The quantitative estimate of drug-likeness (QED) is 0.552. The van der Waals surface area contributed by atoms with Gasteiger partial charge in [-0.05, 0) is 36.0 Å². The van der Waals surface area contributed by atoms with Crippen molar-refractivity contribution in [3.8, 4) is 0 Å². The second-order valence-electron chi connectivity index (χ2n) is 8.12. The highest BCUT2D eigenvalue weighted by molar-refractivity contribution is 4.92. The van der Waals surface area contributed by atoms with Gasteiger partial charge in [0.1, 0.15) is 0 Å². The van der Waals surface area contributed by atoms with Crippen molar-refractivity contribution in [2.24, 2.45) is 23.2 Å². The smallest absolute Gasteiger partial charge is 0.0296 e. The largest absolute Gasteiger partial charge is 0.377 e. The minimum absolute atomic E-state index is 0.349. The molecule has 1 unspecified atom stereocenters. The maximum Gasteiger partial charge on any atom is 0.0296 e. The Bertz CT molecular complexity index is 292. The second kappa shape index (κ2) is 9.50. The van der Waals surface area contributed by atoms with Gasteiger partial charge >= 0.3 is 0 Å². The molecule has 126 valence electrons. The van der Waals surface area contributed by atoms with E-state index in [0.29, 0.717) is 5.41 Å². The summed E-state index contributed by atoms with van der Waals surface area (Å²) in [6.07, 6.45) is 2.35. The van der Waals surface area contributed by atoms with Gasteiger partial charge in [0.25, 0.3) is 0 Å².